The van der Waals surface area contributed by atoms with E-state index in [1.807, 2.05) is 20.1 Å². The molecule has 0 aliphatic rings. The smallest absolute Gasteiger partial charge is 0.334 e. The molecule has 114 valence electrons. The van der Waals surface area contributed by atoms with Crippen LogP contribution in [-0.4, -0.2) is 44.0 Å². The lowest BCUT2D eigenvalue weighted by molar-refractivity contribution is -0.384. The predicted molar refractivity (Wildman–Crippen MR) is 81.4 cm³/mol. The predicted octanol–water partition coefficient (Wildman–Crippen LogP) is 1.98. The van der Waals surface area contributed by atoms with Gasteiger partial charge in [-0.1, -0.05) is 13.8 Å². The van der Waals surface area contributed by atoms with Crippen LogP contribution in [0.5, 0.6) is 0 Å². The maximum atomic E-state index is 11.3. The summed E-state index contributed by atoms with van der Waals surface area (Å²) in [7, 11) is 1.66. The number of nitrogens with one attached hydrogen (secondary N) is 1. The van der Waals surface area contributed by atoms with Crippen molar-refractivity contribution < 1.29 is 10.0 Å². The fourth-order valence-corrected chi connectivity index (χ4v) is 2.66. The molecular formula is C12H22N4O3S. The Balaban J connectivity index is 3.03. The van der Waals surface area contributed by atoms with Crippen LogP contribution in [0.4, 0.5) is 11.5 Å². The molecule has 1 heterocycles. The molecular weight excluding hydrogens is 280 g/mol. The molecule has 0 bridgehead atoms. The summed E-state index contributed by atoms with van der Waals surface area (Å²) in [5, 5.41) is 28.5. The highest BCUT2D eigenvalue weighted by Crippen LogP contribution is 2.33. The van der Waals surface area contributed by atoms with Gasteiger partial charge in [0.2, 0.25) is 5.82 Å². The number of aryl methyl sites for hydroxylation is 1. The molecule has 0 aromatic carbocycles. The number of aliphatic hydroxyl groups is 1. The Bertz CT molecular complexity index is 485. The average molecular weight is 302 g/mol. The minimum Gasteiger partial charge on any atom is -0.387 e. The van der Waals surface area contributed by atoms with E-state index in [1.54, 1.807) is 14.0 Å². The topological polar surface area (TPSA) is 93.2 Å². The minimum absolute atomic E-state index is 0.0116. The van der Waals surface area contributed by atoms with Crippen LogP contribution < -0.4 is 5.32 Å². The summed E-state index contributed by atoms with van der Waals surface area (Å²) in [6.07, 6.45) is 1.90. The van der Waals surface area contributed by atoms with Crippen molar-refractivity contribution >= 4 is 23.3 Å². The van der Waals surface area contributed by atoms with Gasteiger partial charge in [-0.15, -0.1) is 0 Å². The van der Waals surface area contributed by atoms with Crippen LogP contribution in [0, 0.1) is 10.1 Å². The van der Waals surface area contributed by atoms with E-state index in [-0.39, 0.29) is 18.2 Å². The lowest BCUT2D eigenvalue weighted by atomic mass is 10.1. The van der Waals surface area contributed by atoms with Crippen LogP contribution in [0.1, 0.15) is 32.4 Å². The second kappa shape index (κ2) is 6.45. The average Bonchev–Trinajstić information content (AvgIpc) is 2.64. The maximum Gasteiger partial charge on any atom is 0.334 e. The first-order valence-electron chi connectivity index (χ1n) is 6.36. The normalized spacial score (nSPS) is 14.3. The van der Waals surface area contributed by atoms with Gasteiger partial charge in [0.15, 0.2) is 0 Å². The lowest BCUT2D eigenvalue weighted by Gasteiger charge is -2.22. The molecule has 7 nitrogen and oxygen atoms in total. The van der Waals surface area contributed by atoms with E-state index in [9.17, 15) is 15.2 Å². The number of thioether (sulfide) groups is 1. The van der Waals surface area contributed by atoms with E-state index >= 15 is 0 Å². The highest BCUT2D eigenvalue weighted by Gasteiger charge is 2.30. The standard InChI is InChI=1S/C12H22N4O3S/c1-8(2)9-10(16(18)19)11(15(4)14-9)13-6-12(3,17)7-20-5/h8,13,17H,6-7H2,1-5H3. The molecule has 20 heavy (non-hydrogen) atoms. The third-order valence-corrected chi connectivity index (χ3v) is 3.78. The first kappa shape index (κ1) is 16.8. The van der Waals surface area contributed by atoms with Crippen molar-refractivity contribution in [1.29, 1.82) is 0 Å². The Kier molecular flexibility index (Phi) is 5.41. The fraction of sp³-hybridized carbons (Fsp3) is 0.750. The van der Waals surface area contributed by atoms with Crippen LogP contribution in [0.2, 0.25) is 0 Å². The molecule has 0 amide bonds. The first-order valence-corrected chi connectivity index (χ1v) is 7.75. The largest absolute Gasteiger partial charge is 0.387 e. The van der Waals surface area contributed by atoms with Crippen LogP contribution >= 0.6 is 11.8 Å². The zero-order valence-corrected chi connectivity index (χ0v) is 13.3. The molecule has 0 aliphatic carbocycles. The highest BCUT2D eigenvalue weighted by atomic mass is 32.2. The van der Waals surface area contributed by atoms with Crippen molar-refractivity contribution in [3.05, 3.63) is 15.8 Å². The second-order valence-electron chi connectivity index (χ2n) is 5.40. The van der Waals surface area contributed by atoms with Gasteiger partial charge in [0, 0.05) is 25.3 Å². The zero-order chi connectivity index (χ0) is 15.5. The number of nitrogens with zero attached hydrogens (tertiary/aromatic N) is 3. The van der Waals surface area contributed by atoms with Gasteiger partial charge in [0.1, 0.15) is 5.69 Å². The Hall–Kier alpha value is -1.28. The molecule has 0 fully saturated rings. The molecule has 1 aromatic heterocycles. The zero-order valence-electron chi connectivity index (χ0n) is 12.5. The number of hydrogen-bond donors (Lipinski definition) is 2. The van der Waals surface area contributed by atoms with Crippen molar-refractivity contribution in [1.82, 2.24) is 9.78 Å². The van der Waals surface area contributed by atoms with Gasteiger partial charge in [0.05, 0.1) is 10.5 Å². The van der Waals surface area contributed by atoms with Crippen molar-refractivity contribution in [2.75, 3.05) is 23.9 Å². The number of nitro groups is 1. The van der Waals surface area contributed by atoms with Crippen LogP contribution in [0.25, 0.3) is 0 Å². The Labute approximate surface area is 122 Å². The van der Waals surface area contributed by atoms with E-state index < -0.39 is 10.5 Å². The molecule has 1 rings (SSSR count). The number of aromatic nitrogens is 2. The quantitative estimate of drug-likeness (QED) is 0.591. The van der Waals surface area contributed by atoms with E-state index in [0.717, 1.165) is 0 Å². The van der Waals surface area contributed by atoms with Crippen LogP contribution in [0.15, 0.2) is 0 Å². The van der Waals surface area contributed by atoms with Gasteiger partial charge in [-0.05, 0) is 13.2 Å². The van der Waals surface area contributed by atoms with Crippen molar-refractivity contribution in [2.45, 2.75) is 32.3 Å². The Morgan fingerprint density at radius 1 is 1.60 bits per heavy atom. The molecule has 1 aromatic rings. The van der Waals surface area contributed by atoms with Crippen molar-refractivity contribution in [3.63, 3.8) is 0 Å². The van der Waals surface area contributed by atoms with Crippen molar-refractivity contribution in [3.8, 4) is 0 Å². The van der Waals surface area contributed by atoms with E-state index in [0.29, 0.717) is 17.3 Å². The van der Waals surface area contributed by atoms with E-state index in [4.69, 9.17) is 0 Å². The molecule has 0 saturated heterocycles. The summed E-state index contributed by atoms with van der Waals surface area (Å²) in [5.41, 5.74) is -0.498. The van der Waals surface area contributed by atoms with E-state index in [2.05, 4.69) is 10.4 Å². The molecule has 0 spiro atoms. The van der Waals surface area contributed by atoms with Gasteiger partial charge in [0.25, 0.3) is 0 Å². The summed E-state index contributed by atoms with van der Waals surface area (Å²) < 4.78 is 1.46. The number of hydrogen-bond acceptors (Lipinski definition) is 6. The molecule has 0 radical (unpaired) electrons. The second-order valence-corrected chi connectivity index (χ2v) is 6.27. The van der Waals surface area contributed by atoms with E-state index in [1.165, 1.54) is 16.4 Å². The van der Waals surface area contributed by atoms with Gasteiger partial charge in [-0.25, -0.2) is 4.68 Å². The fourth-order valence-electron chi connectivity index (χ4n) is 1.94. The van der Waals surface area contributed by atoms with Gasteiger partial charge < -0.3 is 10.4 Å². The molecule has 0 aliphatic heterocycles. The SMILES string of the molecule is CSCC(C)(O)CNc1c([N+](=O)[O-])c(C(C)C)nn1C. The number of rotatable bonds is 7. The lowest BCUT2D eigenvalue weighted by Crippen LogP contribution is -2.36. The molecule has 8 heteroatoms. The summed E-state index contributed by atoms with van der Waals surface area (Å²) >= 11 is 1.52. The van der Waals surface area contributed by atoms with Gasteiger partial charge in [-0.3, -0.25) is 10.1 Å². The molecule has 1 atom stereocenters. The monoisotopic (exact) mass is 302 g/mol. The summed E-state index contributed by atoms with van der Waals surface area (Å²) in [6.45, 7) is 5.65. The summed E-state index contributed by atoms with van der Waals surface area (Å²) in [4.78, 5) is 10.8. The van der Waals surface area contributed by atoms with Gasteiger partial charge in [-0.2, -0.15) is 16.9 Å². The van der Waals surface area contributed by atoms with Crippen molar-refractivity contribution in [2.24, 2.45) is 7.05 Å². The third kappa shape index (κ3) is 3.86. The maximum absolute atomic E-state index is 11.3. The summed E-state index contributed by atoms with van der Waals surface area (Å²) in [5.74, 6) is 0.840. The Morgan fingerprint density at radius 3 is 2.65 bits per heavy atom. The Morgan fingerprint density at radius 2 is 2.20 bits per heavy atom. The molecule has 0 saturated carbocycles. The highest BCUT2D eigenvalue weighted by molar-refractivity contribution is 7.98. The van der Waals surface area contributed by atoms with Gasteiger partial charge >= 0.3 is 5.69 Å². The minimum atomic E-state index is -0.935. The molecule has 1 unspecified atom stereocenters. The van der Waals surface area contributed by atoms with Crippen LogP contribution in [-0.2, 0) is 7.05 Å². The number of anilines is 1. The summed E-state index contributed by atoms with van der Waals surface area (Å²) in [6, 6.07) is 0. The molecule has 2 N–H and O–H groups in total. The third-order valence-electron chi connectivity index (χ3n) is 2.87. The first-order chi connectivity index (χ1) is 9.19. The van der Waals surface area contributed by atoms with Crippen LogP contribution in [0.3, 0.4) is 0 Å².